The minimum absolute atomic E-state index is 0.547. The minimum atomic E-state index is 0.547. The molecular formula is C23H33ClN4O2. The Labute approximate surface area is 185 Å². The molecule has 0 fully saturated rings. The Bertz CT molecular complexity index is 840. The number of ether oxygens (including phenoxy) is 2. The highest BCUT2D eigenvalue weighted by Crippen LogP contribution is 2.36. The van der Waals surface area contributed by atoms with E-state index in [1.54, 1.807) is 14.2 Å². The van der Waals surface area contributed by atoms with E-state index in [0.29, 0.717) is 24.1 Å². The van der Waals surface area contributed by atoms with Crippen LogP contribution < -0.4 is 14.5 Å². The average Bonchev–Trinajstić information content (AvgIpc) is 3.23. The molecule has 0 N–H and O–H groups in total. The minimum Gasteiger partial charge on any atom is -0.497 e. The first-order valence-corrected chi connectivity index (χ1v) is 11.2. The van der Waals surface area contributed by atoms with Crippen molar-refractivity contribution >= 4 is 29.1 Å². The molecule has 0 atom stereocenters. The molecule has 7 heteroatoms. The number of nitrogens with zero attached hydrogens (tertiary/aromatic N) is 4. The standard InChI is InChI=1S/C23H33ClN4O2/c1-5-12-27(13-6-2)22-18-8-7-9-20(18)25-23(26-22)28(14-15-29-3)21-11-10-17(30-4)16-19(21)24/h10-11,16H,5-9,12-15H2,1-4H3. The molecule has 1 aliphatic rings. The lowest BCUT2D eigenvalue weighted by atomic mass is 10.2. The Kier molecular flexibility index (Phi) is 8.16. The summed E-state index contributed by atoms with van der Waals surface area (Å²) in [5, 5.41) is 0.607. The van der Waals surface area contributed by atoms with Crippen LogP contribution in [0.5, 0.6) is 5.75 Å². The summed E-state index contributed by atoms with van der Waals surface area (Å²) in [6.45, 7) is 7.59. The lowest BCUT2D eigenvalue weighted by molar-refractivity contribution is 0.207. The van der Waals surface area contributed by atoms with Crippen LogP contribution in [0.4, 0.5) is 17.5 Å². The van der Waals surface area contributed by atoms with E-state index in [-0.39, 0.29) is 0 Å². The van der Waals surface area contributed by atoms with Crippen molar-refractivity contribution in [3.63, 3.8) is 0 Å². The van der Waals surface area contributed by atoms with Crippen LogP contribution in [-0.2, 0) is 17.6 Å². The molecule has 0 spiro atoms. The summed E-state index contributed by atoms with van der Waals surface area (Å²) in [5.41, 5.74) is 3.34. The van der Waals surface area contributed by atoms with Gasteiger partial charge in [0.1, 0.15) is 11.6 Å². The van der Waals surface area contributed by atoms with Gasteiger partial charge in [-0.05, 0) is 44.2 Å². The zero-order valence-corrected chi connectivity index (χ0v) is 19.3. The molecule has 164 valence electrons. The first-order valence-electron chi connectivity index (χ1n) is 10.9. The summed E-state index contributed by atoms with van der Waals surface area (Å²) in [5.74, 6) is 2.50. The zero-order valence-electron chi connectivity index (χ0n) is 18.6. The number of halogens is 1. The predicted octanol–water partition coefficient (Wildman–Crippen LogP) is 5.04. The van der Waals surface area contributed by atoms with Gasteiger partial charge in [0, 0.05) is 38.4 Å². The molecule has 0 amide bonds. The molecule has 6 nitrogen and oxygen atoms in total. The van der Waals surface area contributed by atoms with Crippen LogP contribution in [0.3, 0.4) is 0 Å². The highest BCUT2D eigenvalue weighted by atomic mass is 35.5. The monoisotopic (exact) mass is 432 g/mol. The molecule has 1 heterocycles. The van der Waals surface area contributed by atoms with E-state index in [1.807, 2.05) is 18.2 Å². The molecule has 0 aliphatic heterocycles. The number of aromatic nitrogens is 2. The van der Waals surface area contributed by atoms with Crippen LogP contribution >= 0.6 is 11.6 Å². The van der Waals surface area contributed by atoms with Crippen LogP contribution in [0.1, 0.15) is 44.4 Å². The van der Waals surface area contributed by atoms with Crippen LogP contribution in [0.2, 0.25) is 5.02 Å². The molecule has 2 aromatic rings. The quantitative estimate of drug-likeness (QED) is 0.496. The van der Waals surface area contributed by atoms with Gasteiger partial charge in [-0.3, -0.25) is 0 Å². The van der Waals surface area contributed by atoms with Gasteiger partial charge in [0.25, 0.3) is 0 Å². The van der Waals surface area contributed by atoms with Crippen LogP contribution in [-0.4, -0.2) is 50.4 Å². The van der Waals surface area contributed by atoms with Gasteiger partial charge < -0.3 is 19.3 Å². The molecule has 1 aromatic heterocycles. The molecule has 30 heavy (non-hydrogen) atoms. The van der Waals surface area contributed by atoms with Crippen molar-refractivity contribution in [2.45, 2.75) is 46.0 Å². The van der Waals surface area contributed by atoms with Gasteiger partial charge in [-0.15, -0.1) is 0 Å². The molecule has 3 rings (SSSR count). The average molecular weight is 433 g/mol. The number of aryl methyl sites for hydroxylation is 1. The van der Waals surface area contributed by atoms with Crippen molar-refractivity contribution < 1.29 is 9.47 Å². The van der Waals surface area contributed by atoms with Gasteiger partial charge in [-0.2, -0.15) is 4.98 Å². The van der Waals surface area contributed by atoms with Crippen molar-refractivity contribution in [2.24, 2.45) is 0 Å². The summed E-state index contributed by atoms with van der Waals surface area (Å²) in [4.78, 5) is 14.5. The number of hydrogen-bond acceptors (Lipinski definition) is 6. The topological polar surface area (TPSA) is 50.7 Å². The number of benzene rings is 1. The fraction of sp³-hybridized carbons (Fsp3) is 0.565. The molecule has 0 unspecified atom stereocenters. The van der Waals surface area contributed by atoms with Gasteiger partial charge in [0.05, 0.1) is 30.1 Å². The largest absolute Gasteiger partial charge is 0.497 e. The third-order valence-electron chi connectivity index (χ3n) is 5.39. The molecule has 1 aromatic carbocycles. The second-order valence-corrected chi connectivity index (χ2v) is 7.98. The van der Waals surface area contributed by atoms with Gasteiger partial charge >= 0.3 is 0 Å². The number of rotatable bonds is 11. The van der Waals surface area contributed by atoms with E-state index in [9.17, 15) is 0 Å². The van der Waals surface area contributed by atoms with Crippen molar-refractivity contribution in [3.8, 4) is 5.75 Å². The maximum absolute atomic E-state index is 6.62. The van der Waals surface area contributed by atoms with E-state index in [2.05, 4.69) is 23.6 Å². The highest BCUT2D eigenvalue weighted by Gasteiger charge is 2.25. The van der Waals surface area contributed by atoms with E-state index in [0.717, 1.165) is 62.4 Å². The van der Waals surface area contributed by atoms with E-state index >= 15 is 0 Å². The van der Waals surface area contributed by atoms with Gasteiger partial charge in [0.2, 0.25) is 5.95 Å². The smallest absolute Gasteiger partial charge is 0.232 e. The van der Waals surface area contributed by atoms with Crippen LogP contribution in [0, 0.1) is 0 Å². The molecule has 0 saturated carbocycles. The maximum atomic E-state index is 6.62. The van der Waals surface area contributed by atoms with E-state index < -0.39 is 0 Å². The van der Waals surface area contributed by atoms with Gasteiger partial charge in [0.15, 0.2) is 0 Å². The SMILES string of the molecule is CCCN(CCC)c1nc(N(CCOC)c2ccc(OC)cc2Cl)nc2c1CCC2. The summed E-state index contributed by atoms with van der Waals surface area (Å²) in [6.07, 6.45) is 5.36. The normalized spacial score (nSPS) is 12.7. The summed E-state index contributed by atoms with van der Waals surface area (Å²) < 4.78 is 10.7. The molecule has 0 radical (unpaired) electrons. The molecule has 0 saturated heterocycles. The summed E-state index contributed by atoms with van der Waals surface area (Å²) >= 11 is 6.62. The van der Waals surface area contributed by atoms with E-state index in [4.69, 9.17) is 31.0 Å². The molecule has 0 bridgehead atoms. The fourth-order valence-electron chi connectivity index (χ4n) is 3.99. The lowest BCUT2D eigenvalue weighted by Crippen LogP contribution is -2.30. The van der Waals surface area contributed by atoms with Crippen molar-refractivity contribution in [1.29, 1.82) is 0 Å². The first-order chi connectivity index (χ1) is 14.6. The number of fused-ring (bicyclic) bond motifs is 1. The number of hydrogen-bond donors (Lipinski definition) is 0. The number of methoxy groups -OCH3 is 2. The van der Waals surface area contributed by atoms with Crippen molar-refractivity contribution in [3.05, 3.63) is 34.5 Å². The number of anilines is 3. The Hall–Kier alpha value is -2.05. The summed E-state index contributed by atoms with van der Waals surface area (Å²) in [7, 11) is 3.34. The van der Waals surface area contributed by atoms with Crippen molar-refractivity contribution in [1.82, 2.24) is 9.97 Å². The second kappa shape index (κ2) is 10.8. The van der Waals surface area contributed by atoms with Gasteiger partial charge in [-0.1, -0.05) is 25.4 Å². The lowest BCUT2D eigenvalue weighted by Gasteiger charge is -2.29. The first kappa shape index (κ1) is 22.6. The zero-order chi connectivity index (χ0) is 21.5. The second-order valence-electron chi connectivity index (χ2n) is 7.57. The Morgan fingerprint density at radius 2 is 1.80 bits per heavy atom. The summed E-state index contributed by atoms with van der Waals surface area (Å²) in [6, 6.07) is 5.70. The predicted molar refractivity (Wildman–Crippen MR) is 124 cm³/mol. The maximum Gasteiger partial charge on any atom is 0.232 e. The third-order valence-corrected chi connectivity index (χ3v) is 5.69. The van der Waals surface area contributed by atoms with Gasteiger partial charge in [-0.25, -0.2) is 4.98 Å². The Balaban J connectivity index is 2.08. The molecule has 1 aliphatic carbocycles. The Morgan fingerprint density at radius 3 is 2.43 bits per heavy atom. The Morgan fingerprint density at radius 1 is 1.03 bits per heavy atom. The fourth-order valence-corrected chi connectivity index (χ4v) is 4.26. The third kappa shape index (κ3) is 4.98. The van der Waals surface area contributed by atoms with E-state index in [1.165, 1.54) is 11.3 Å². The van der Waals surface area contributed by atoms with Crippen LogP contribution in [0.15, 0.2) is 18.2 Å². The van der Waals surface area contributed by atoms with Crippen molar-refractivity contribution in [2.75, 3.05) is 50.3 Å². The highest BCUT2D eigenvalue weighted by molar-refractivity contribution is 6.33. The molecular weight excluding hydrogens is 400 g/mol. The van der Waals surface area contributed by atoms with Crippen LogP contribution in [0.25, 0.3) is 0 Å².